The maximum absolute atomic E-state index is 12.6. The molecular formula is C19H12Cl2N2O2S. The van der Waals surface area contributed by atoms with Crippen molar-refractivity contribution in [2.45, 2.75) is 6.61 Å². The third-order valence-electron chi connectivity index (χ3n) is 3.82. The summed E-state index contributed by atoms with van der Waals surface area (Å²) in [6.45, 7) is 0.129. The Hall–Kier alpha value is -2.34. The maximum atomic E-state index is 12.6. The van der Waals surface area contributed by atoms with Crippen LogP contribution in [0.1, 0.15) is 5.69 Å². The summed E-state index contributed by atoms with van der Waals surface area (Å²) in [6.07, 6.45) is 0. The van der Waals surface area contributed by atoms with Crippen LogP contribution in [0.25, 0.3) is 16.2 Å². The first kappa shape index (κ1) is 17.1. The number of ether oxygens (including phenoxy) is 1. The molecule has 7 heteroatoms. The number of rotatable bonds is 4. The third-order valence-corrected chi connectivity index (χ3v) is 5.45. The molecule has 4 aromatic rings. The molecule has 0 saturated carbocycles. The van der Waals surface area contributed by atoms with E-state index in [1.165, 1.54) is 17.4 Å². The molecule has 0 fully saturated rings. The van der Waals surface area contributed by atoms with Crippen molar-refractivity contribution in [1.29, 1.82) is 0 Å². The van der Waals surface area contributed by atoms with Crippen molar-refractivity contribution in [3.63, 3.8) is 0 Å². The fourth-order valence-electron chi connectivity index (χ4n) is 2.60. The molecule has 2 aromatic heterocycles. The average Bonchev–Trinajstić information content (AvgIpc) is 3.08. The molecule has 0 atom stereocenters. The number of hydrogen-bond acceptors (Lipinski definition) is 4. The molecule has 4 rings (SSSR count). The van der Waals surface area contributed by atoms with E-state index in [9.17, 15) is 4.79 Å². The normalized spacial score (nSPS) is 11.0. The van der Waals surface area contributed by atoms with Gasteiger partial charge in [-0.1, -0.05) is 59.6 Å². The summed E-state index contributed by atoms with van der Waals surface area (Å²) in [6, 6.07) is 16.4. The first-order chi connectivity index (χ1) is 12.6. The Bertz CT molecular complexity index is 1140. The highest BCUT2D eigenvalue weighted by atomic mass is 35.5. The monoisotopic (exact) mass is 402 g/mol. The molecule has 0 aliphatic carbocycles. The van der Waals surface area contributed by atoms with Gasteiger partial charge in [-0.2, -0.15) is 0 Å². The minimum atomic E-state index is -0.147. The molecule has 0 spiro atoms. The van der Waals surface area contributed by atoms with Crippen LogP contribution >= 0.6 is 34.5 Å². The number of halogens is 2. The Morgan fingerprint density at radius 2 is 1.88 bits per heavy atom. The van der Waals surface area contributed by atoms with E-state index < -0.39 is 0 Å². The van der Waals surface area contributed by atoms with Gasteiger partial charge in [0, 0.05) is 11.4 Å². The lowest BCUT2D eigenvalue weighted by Gasteiger charge is -2.08. The third kappa shape index (κ3) is 3.21. The van der Waals surface area contributed by atoms with Crippen LogP contribution in [-0.4, -0.2) is 9.38 Å². The van der Waals surface area contributed by atoms with Crippen LogP contribution in [0.15, 0.2) is 64.8 Å². The van der Waals surface area contributed by atoms with Crippen LogP contribution in [0, 0.1) is 0 Å². The zero-order valence-corrected chi connectivity index (χ0v) is 15.7. The highest BCUT2D eigenvalue weighted by molar-refractivity contribution is 7.15. The Kier molecular flexibility index (Phi) is 4.68. The van der Waals surface area contributed by atoms with Gasteiger partial charge in [0.2, 0.25) is 0 Å². The van der Waals surface area contributed by atoms with Gasteiger partial charge >= 0.3 is 0 Å². The Labute approximate surface area is 163 Å². The van der Waals surface area contributed by atoms with E-state index in [4.69, 9.17) is 27.9 Å². The highest BCUT2D eigenvalue weighted by Gasteiger charge is 2.12. The zero-order valence-electron chi connectivity index (χ0n) is 13.4. The standard InChI is InChI=1S/C19H12Cl2N2O2S/c20-14-7-4-8-16(18(14)21)25-10-13-9-17(24)23-15(11-26-19(23)22-13)12-5-2-1-3-6-12/h1-9,11H,10H2. The summed E-state index contributed by atoms with van der Waals surface area (Å²) in [7, 11) is 0. The van der Waals surface area contributed by atoms with Crippen molar-refractivity contribution < 1.29 is 4.74 Å². The molecule has 0 unspecified atom stereocenters. The summed E-state index contributed by atoms with van der Waals surface area (Å²) in [5.41, 5.74) is 2.18. The van der Waals surface area contributed by atoms with Crippen molar-refractivity contribution >= 4 is 39.5 Å². The molecule has 2 heterocycles. The first-order valence-corrected chi connectivity index (χ1v) is 9.39. The summed E-state index contributed by atoms with van der Waals surface area (Å²) in [5.74, 6) is 0.456. The predicted molar refractivity (Wildman–Crippen MR) is 106 cm³/mol. The summed E-state index contributed by atoms with van der Waals surface area (Å²) >= 11 is 13.5. The van der Waals surface area contributed by atoms with Gasteiger partial charge in [0.1, 0.15) is 17.4 Å². The van der Waals surface area contributed by atoms with E-state index >= 15 is 0 Å². The highest BCUT2D eigenvalue weighted by Crippen LogP contribution is 2.32. The van der Waals surface area contributed by atoms with Gasteiger partial charge in [0.05, 0.1) is 16.4 Å². The van der Waals surface area contributed by atoms with Crippen LogP contribution in [-0.2, 0) is 6.61 Å². The Balaban J connectivity index is 1.66. The number of benzene rings is 2. The molecule has 0 N–H and O–H groups in total. The van der Waals surface area contributed by atoms with E-state index in [0.717, 1.165) is 11.3 Å². The van der Waals surface area contributed by atoms with E-state index in [1.54, 1.807) is 22.6 Å². The number of nitrogens with zero attached hydrogens (tertiary/aromatic N) is 2. The zero-order chi connectivity index (χ0) is 18.1. The summed E-state index contributed by atoms with van der Waals surface area (Å²) in [4.78, 5) is 17.8. The second kappa shape index (κ2) is 7.11. The van der Waals surface area contributed by atoms with Crippen molar-refractivity contribution in [2.24, 2.45) is 0 Å². The van der Waals surface area contributed by atoms with Gasteiger partial charge < -0.3 is 4.74 Å². The van der Waals surface area contributed by atoms with Crippen molar-refractivity contribution in [3.8, 4) is 17.0 Å². The van der Waals surface area contributed by atoms with Crippen LogP contribution in [0.5, 0.6) is 5.75 Å². The van der Waals surface area contributed by atoms with Crippen molar-refractivity contribution in [1.82, 2.24) is 9.38 Å². The molecule has 4 nitrogen and oxygen atoms in total. The lowest BCUT2D eigenvalue weighted by atomic mass is 10.2. The lowest BCUT2D eigenvalue weighted by Crippen LogP contribution is -2.15. The van der Waals surface area contributed by atoms with Gasteiger partial charge in [-0.3, -0.25) is 9.20 Å². The number of fused-ring (bicyclic) bond motifs is 1. The molecule has 0 saturated heterocycles. The van der Waals surface area contributed by atoms with Crippen LogP contribution in [0.2, 0.25) is 10.0 Å². The molecule has 2 aromatic carbocycles. The van der Waals surface area contributed by atoms with E-state index in [0.29, 0.717) is 26.4 Å². The van der Waals surface area contributed by atoms with Gasteiger partial charge in [-0.05, 0) is 17.7 Å². The van der Waals surface area contributed by atoms with Gasteiger partial charge in [0.15, 0.2) is 4.96 Å². The molecule has 130 valence electrons. The average molecular weight is 403 g/mol. The largest absolute Gasteiger partial charge is 0.486 e. The molecule has 0 aliphatic rings. The smallest absolute Gasteiger partial charge is 0.259 e. The Morgan fingerprint density at radius 1 is 1.08 bits per heavy atom. The van der Waals surface area contributed by atoms with Crippen LogP contribution in [0.4, 0.5) is 0 Å². The van der Waals surface area contributed by atoms with Gasteiger partial charge in [-0.15, -0.1) is 11.3 Å². The van der Waals surface area contributed by atoms with E-state index in [-0.39, 0.29) is 12.2 Å². The molecule has 0 radical (unpaired) electrons. The van der Waals surface area contributed by atoms with Gasteiger partial charge in [0.25, 0.3) is 5.56 Å². The first-order valence-electron chi connectivity index (χ1n) is 7.76. The summed E-state index contributed by atoms with van der Waals surface area (Å²) < 4.78 is 7.28. The minimum Gasteiger partial charge on any atom is -0.486 e. The summed E-state index contributed by atoms with van der Waals surface area (Å²) in [5, 5.41) is 2.69. The fourth-order valence-corrected chi connectivity index (χ4v) is 3.86. The fraction of sp³-hybridized carbons (Fsp3) is 0.0526. The molecule has 0 amide bonds. The predicted octanol–water partition coefficient (Wildman–Crippen LogP) is 5.31. The topological polar surface area (TPSA) is 43.6 Å². The SMILES string of the molecule is O=c1cc(COc2cccc(Cl)c2Cl)nc2scc(-c3ccccc3)n12. The van der Waals surface area contributed by atoms with Crippen LogP contribution in [0.3, 0.4) is 0 Å². The Morgan fingerprint density at radius 3 is 2.69 bits per heavy atom. The van der Waals surface area contributed by atoms with Crippen LogP contribution < -0.4 is 10.3 Å². The molecular weight excluding hydrogens is 391 g/mol. The number of aromatic nitrogens is 2. The van der Waals surface area contributed by atoms with Crippen molar-refractivity contribution in [2.75, 3.05) is 0 Å². The lowest BCUT2D eigenvalue weighted by molar-refractivity contribution is 0.301. The second-order valence-electron chi connectivity index (χ2n) is 5.53. The molecule has 0 bridgehead atoms. The number of hydrogen-bond donors (Lipinski definition) is 0. The quantitative estimate of drug-likeness (QED) is 0.464. The van der Waals surface area contributed by atoms with E-state index in [2.05, 4.69) is 4.98 Å². The maximum Gasteiger partial charge on any atom is 0.259 e. The van der Waals surface area contributed by atoms with Gasteiger partial charge in [-0.25, -0.2) is 4.98 Å². The number of thiazole rings is 1. The second-order valence-corrected chi connectivity index (χ2v) is 7.15. The molecule has 26 heavy (non-hydrogen) atoms. The van der Waals surface area contributed by atoms with Crippen molar-refractivity contribution in [3.05, 3.63) is 86.1 Å². The minimum absolute atomic E-state index is 0.129. The van der Waals surface area contributed by atoms with E-state index in [1.807, 2.05) is 35.7 Å². The molecule has 0 aliphatic heterocycles.